The van der Waals surface area contributed by atoms with Gasteiger partial charge in [0.15, 0.2) is 0 Å². The zero-order valence-electron chi connectivity index (χ0n) is 16.4. The zero-order chi connectivity index (χ0) is 20.3. The maximum Gasteiger partial charge on any atom is 0.315 e. The number of thioether (sulfide) groups is 1. The van der Waals surface area contributed by atoms with E-state index in [0.29, 0.717) is 12.4 Å². The molecule has 0 aliphatic rings. The van der Waals surface area contributed by atoms with Crippen LogP contribution in [0.2, 0.25) is 0 Å². The molecule has 0 unspecified atom stereocenters. The summed E-state index contributed by atoms with van der Waals surface area (Å²) in [5.41, 5.74) is 4.69. The van der Waals surface area contributed by atoms with Crippen LogP contribution in [0.5, 0.6) is 5.75 Å². The molecule has 0 atom stereocenters. The smallest absolute Gasteiger partial charge is 0.315 e. The van der Waals surface area contributed by atoms with Crippen molar-refractivity contribution < 1.29 is 14.3 Å². The molecule has 3 rings (SSSR count). The molecule has 0 amide bonds. The van der Waals surface area contributed by atoms with Gasteiger partial charge in [0, 0.05) is 5.75 Å². The van der Waals surface area contributed by atoms with Crippen LogP contribution in [0, 0.1) is 0 Å². The van der Waals surface area contributed by atoms with Crippen LogP contribution in [-0.4, -0.2) is 25.4 Å². The Balaban J connectivity index is 1.47. The highest BCUT2D eigenvalue weighted by atomic mass is 32.2. The van der Waals surface area contributed by atoms with Crippen molar-refractivity contribution in [3.8, 4) is 16.9 Å². The molecule has 0 saturated carbocycles. The van der Waals surface area contributed by atoms with Crippen molar-refractivity contribution >= 4 is 23.8 Å². The summed E-state index contributed by atoms with van der Waals surface area (Å²) in [4.78, 5) is 11.2. The molecule has 0 N–H and O–H groups in total. The molecule has 0 radical (unpaired) electrons. The SMILES string of the molecule is COC(=O)CSCc1cccc(OCC=Cc2ccc(-c3ccccc3)cc2)c1. The third-order valence-corrected chi connectivity index (χ3v) is 5.27. The normalized spacial score (nSPS) is 10.8. The van der Waals surface area contributed by atoms with E-state index in [2.05, 4.69) is 47.2 Å². The Bertz CT molecular complexity index is 934. The van der Waals surface area contributed by atoms with Gasteiger partial charge in [-0.2, -0.15) is 0 Å². The number of rotatable bonds is 9. The molecule has 0 heterocycles. The summed E-state index contributed by atoms with van der Waals surface area (Å²) in [5, 5.41) is 0. The van der Waals surface area contributed by atoms with Gasteiger partial charge in [0.25, 0.3) is 0 Å². The standard InChI is InChI=1S/C25H24O3S/c1-27-25(26)19-29-18-21-7-5-11-24(17-21)28-16-6-8-20-12-14-23(15-13-20)22-9-3-2-4-10-22/h2-15,17H,16,18-19H2,1H3. The molecular formula is C25H24O3S. The number of carbonyl (C=O) groups is 1. The van der Waals surface area contributed by atoms with Crippen LogP contribution in [-0.2, 0) is 15.3 Å². The molecule has 0 aromatic heterocycles. The van der Waals surface area contributed by atoms with Gasteiger partial charge in [0.2, 0.25) is 0 Å². The Morgan fingerprint density at radius 3 is 2.45 bits per heavy atom. The number of ether oxygens (including phenoxy) is 2. The highest BCUT2D eigenvalue weighted by Gasteiger charge is 2.02. The largest absolute Gasteiger partial charge is 0.490 e. The van der Waals surface area contributed by atoms with Crippen molar-refractivity contribution in [2.45, 2.75) is 5.75 Å². The lowest BCUT2D eigenvalue weighted by Crippen LogP contribution is -2.03. The Morgan fingerprint density at radius 1 is 0.931 bits per heavy atom. The molecule has 29 heavy (non-hydrogen) atoms. The second kappa shape index (κ2) is 11.1. The van der Waals surface area contributed by atoms with Gasteiger partial charge in [-0.15, -0.1) is 11.8 Å². The van der Waals surface area contributed by atoms with Crippen LogP contribution in [0.3, 0.4) is 0 Å². The Kier molecular flexibility index (Phi) is 7.96. The van der Waals surface area contributed by atoms with E-state index >= 15 is 0 Å². The summed E-state index contributed by atoms with van der Waals surface area (Å²) in [6.45, 7) is 0.499. The highest BCUT2D eigenvalue weighted by Crippen LogP contribution is 2.20. The minimum Gasteiger partial charge on any atom is -0.490 e. The Morgan fingerprint density at radius 2 is 1.69 bits per heavy atom. The lowest BCUT2D eigenvalue weighted by atomic mass is 10.0. The molecule has 0 spiro atoms. The van der Waals surface area contributed by atoms with Gasteiger partial charge in [-0.3, -0.25) is 4.79 Å². The van der Waals surface area contributed by atoms with E-state index < -0.39 is 0 Å². The van der Waals surface area contributed by atoms with E-state index in [4.69, 9.17) is 4.74 Å². The van der Waals surface area contributed by atoms with Crippen molar-refractivity contribution in [1.82, 2.24) is 0 Å². The van der Waals surface area contributed by atoms with E-state index in [1.807, 2.05) is 48.5 Å². The van der Waals surface area contributed by atoms with Gasteiger partial charge in [-0.05, 0) is 40.5 Å². The first-order valence-electron chi connectivity index (χ1n) is 9.43. The van der Waals surface area contributed by atoms with Crippen molar-refractivity contribution in [1.29, 1.82) is 0 Å². The maximum atomic E-state index is 11.2. The molecule has 0 bridgehead atoms. The van der Waals surface area contributed by atoms with Crippen molar-refractivity contribution in [3.63, 3.8) is 0 Å². The van der Waals surface area contributed by atoms with E-state index in [0.717, 1.165) is 22.6 Å². The average Bonchev–Trinajstić information content (AvgIpc) is 2.78. The van der Waals surface area contributed by atoms with Gasteiger partial charge in [0.1, 0.15) is 12.4 Å². The first-order valence-corrected chi connectivity index (χ1v) is 10.6. The molecule has 0 aliphatic heterocycles. The van der Waals surface area contributed by atoms with E-state index in [9.17, 15) is 4.79 Å². The minimum absolute atomic E-state index is 0.204. The van der Waals surface area contributed by atoms with Gasteiger partial charge in [0.05, 0.1) is 12.9 Å². The number of benzene rings is 3. The molecule has 0 saturated heterocycles. The van der Waals surface area contributed by atoms with Crippen LogP contribution >= 0.6 is 11.8 Å². The summed E-state index contributed by atoms with van der Waals surface area (Å²) in [6.07, 6.45) is 4.07. The Hall–Kier alpha value is -2.98. The second-order valence-electron chi connectivity index (χ2n) is 6.42. The zero-order valence-corrected chi connectivity index (χ0v) is 17.2. The molecule has 0 aliphatic carbocycles. The van der Waals surface area contributed by atoms with Gasteiger partial charge in [-0.25, -0.2) is 0 Å². The molecule has 3 aromatic carbocycles. The topological polar surface area (TPSA) is 35.5 Å². The first kappa shape index (κ1) is 20.7. The second-order valence-corrected chi connectivity index (χ2v) is 7.40. The highest BCUT2D eigenvalue weighted by molar-refractivity contribution is 7.99. The molecule has 148 valence electrons. The minimum atomic E-state index is -0.204. The lowest BCUT2D eigenvalue weighted by molar-refractivity contribution is -0.137. The fourth-order valence-corrected chi connectivity index (χ4v) is 3.58. The van der Waals surface area contributed by atoms with E-state index in [-0.39, 0.29) is 5.97 Å². The molecule has 0 fully saturated rings. The predicted octanol–water partition coefficient (Wildman–Crippen LogP) is 5.85. The number of esters is 1. The van der Waals surface area contributed by atoms with Gasteiger partial charge >= 0.3 is 5.97 Å². The first-order chi connectivity index (χ1) is 14.2. The number of carbonyl (C=O) groups excluding carboxylic acids is 1. The van der Waals surface area contributed by atoms with Crippen molar-refractivity contribution in [3.05, 3.63) is 96.1 Å². The van der Waals surface area contributed by atoms with Crippen LogP contribution in [0.25, 0.3) is 17.2 Å². The van der Waals surface area contributed by atoms with E-state index in [1.165, 1.54) is 30.0 Å². The number of hydrogen-bond acceptors (Lipinski definition) is 4. The van der Waals surface area contributed by atoms with Crippen molar-refractivity contribution in [2.75, 3.05) is 19.5 Å². The number of hydrogen-bond donors (Lipinski definition) is 0. The Labute approximate surface area is 176 Å². The van der Waals surface area contributed by atoms with Crippen LogP contribution in [0.4, 0.5) is 0 Å². The van der Waals surface area contributed by atoms with Crippen LogP contribution in [0.1, 0.15) is 11.1 Å². The van der Waals surface area contributed by atoms with Crippen LogP contribution in [0.15, 0.2) is 84.9 Å². The monoisotopic (exact) mass is 404 g/mol. The number of methoxy groups -OCH3 is 1. The molecule has 3 aromatic rings. The van der Waals surface area contributed by atoms with E-state index in [1.54, 1.807) is 0 Å². The summed E-state index contributed by atoms with van der Waals surface area (Å²) < 4.78 is 10.5. The van der Waals surface area contributed by atoms with Gasteiger partial charge in [-0.1, -0.05) is 72.8 Å². The molecule has 3 nitrogen and oxygen atoms in total. The van der Waals surface area contributed by atoms with Crippen LogP contribution < -0.4 is 4.74 Å². The molecular weight excluding hydrogens is 380 g/mol. The average molecular weight is 405 g/mol. The lowest BCUT2D eigenvalue weighted by Gasteiger charge is -2.06. The summed E-state index contributed by atoms with van der Waals surface area (Å²) in [7, 11) is 1.41. The fraction of sp³-hybridized carbons (Fsp3) is 0.160. The predicted molar refractivity (Wildman–Crippen MR) is 121 cm³/mol. The summed E-state index contributed by atoms with van der Waals surface area (Å²) >= 11 is 1.53. The maximum absolute atomic E-state index is 11.2. The summed E-state index contributed by atoms with van der Waals surface area (Å²) in [6, 6.07) is 26.8. The fourth-order valence-electron chi connectivity index (χ4n) is 2.78. The van der Waals surface area contributed by atoms with Crippen molar-refractivity contribution in [2.24, 2.45) is 0 Å². The van der Waals surface area contributed by atoms with Gasteiger partial charge < -0.3 is 9.47 Å². The third-order valence-electron chi connectivity index (χ3n) is 4.29. The summed E-state index contributed by atoms with van der Waals surface area (Å²) in [5.74, 6) is 1.72. The third kappa shape index (κ3) is 6.84. The molecule has 4 heteroatoms. The quantitative estimate of drug-likeness (QED) is 0.419.